The van der Waals surface area contributed by atoms with Crippen LogP contribution in [0.1, 0.15) is 22.4 Å². The Labute approximate surface area is 157 Å². The molecular weight excluding hydrogens is 332 g/mol. The number of rotatable bonds is 4. The van der Waals surface area contributed by atoms with Gasteiger partial charge in [0.15, 0.2) is 0 Å². The predicted octanol–water partition coefficient (Wildman–Crippen LogP) is 5.66. The van der Waals surface area contributed by atoms with Crippen LogP contribution < -0.4 is 5.32 Å². The molecule has 4 aromatic rings. The van der Waals surface area contributed by atoms with Crippen molar-refractivity contribution < 1.29 is 0 Å². The molecule has 0 saturated carbocycles. The quantitative estimate of drug-likeness (QED) is 0.499. The number of fused-ring (bicyclic) bond motifs is 1. The molecule has 0 aliphatic rings. The molecule has 0 fully saturated rings. The van der Waals surface area contributed by atoms with E-state index in [1.54, 1.807) is 6.20 Å². The van der Waals surface area contributed by atoms with E-state index in [0.29, 0.717) is 5.56 Å². The van der Waals surface area contributed by atoms with Crippen molar-refractivity contribution in [3.63, 3.8) is 0 Å². The second-order valence-electron chi connectivity index (χ2n) is 6.27. The molecule has 2 aromatic carbocycles. The summed E-state index contributed by atoms with van der Waals surface area (Å²) in [6, 6.07) is 20.4. The molecule has 0 atom stereocenters. The lowest BCUT2D eigenvalue weighted by Gasteiger charge is -2.14. The number of nitriles is 1. The van der Waals surface area contributed by atoms with E-state index in [2.05, 4.69) is 21.4 Å². The van der Waals surface area contributed by atoms with Crippen molar-refractivity contribution in [1.82, 2.24) is 9.97 Å². The third-order valence-electron chi connectivity index (χ3n) is 4.53. The highest BCUT2D eigenvalue weighted by atomic mass is 14.9. The molecule has 2 aromatic heterocycles. The molecule has 0 bridgehead atoms. The molecule has 0 aliphatic heterocycles. The highest BCUT2D eigenvalue weighted by Crippen LogP contribution is 2.31. The third-order valence-corrected chi connectivity index (χ3v) is 4.53. The van der Waals surface area contributed by atoms with Gasteiger partial charge in [0.25, 0.3) is 0 Å². The highest BCUT2D eigenvalue weighted by Gasteiger charge is 2.12. The molecule has 2 N–H and O–H groups in total. The topological polar surface area (TPSA) is 64.5 Å². The van der Waals surface area contributed by atoms with Gasteiger partial charge >= 0.3 is 0 Å². The summed E-state index contributed by atoms with van der Waals surface area (Å²) in [5.74, 6) is 0. The summed E-state index contributed by atoms with van der Waals surface area (Å²) in [6.07, 6.45) is 7.58. The van der Waals surface area contributed by atoms with Crippen molar-refractivity contribution in [3.05, 3.63) is 89.4 Å². The minimum Gasteiger partial charge on any atom is -0.361 e. The summed E-state index contributed by atoms with van der Waals surface area (Å²) in [4.78, 5) is 7.61. The second kappa shape index (κ2) is 7.19. The maximum absolute atomic E-state index is 9.61. The standard InChI is InChI=1S/C23H18N4/c1-16-19(11-10-17-6-3-2-4-7-17)23(18(14-24)15-26-16)27-22-9-5-8-21-20(22)12-13-25-21/h2-13,15,25H,1H3,(H,26,27)/b11-10+. The Morgan fingerprint density at radius 2 is 1.89 bits per heavy atom. The van der Waals surface area contributed by atoms with Gasteiger partial charge < -0.3 is 10.3 Å². The summed E-state index contributed by atoms with van der Waals surface area (Å²) in [6.45, 7) is 1.95. The first-order valence-electron chi connectivity index (χ1n) is 8.72. The van der Waals surface area contributed by atoms with Crippen LogP contribution in [-0.2, 0) is 0 Å². The van der Waals surface area contributed by atoms with Gasteiger partial charge in [-0.15, -0.1) is 0 Å². The molecule has 0 spiro atoms. The van der Waals surface area contributed by atoms with Crippen LogP contribution in [-0.4, -0.2) is 9.97 Å². The molecule has 0 aliphatic carbocycles. The largest absolute Gasteiger partial charge is 0.361 e. The van der Waals surface area contributed by atoms with Crippen LogP contribution in [0.5, 0.6) is 0 Å². The van der Waals surface area contributed by atoms with Gasteiger partial charge in [-0.1, -0.05) is 48.6 Å². The average Bonchev–Trinajstić information content (AvgIpc) is 3.18. The second-order valence-corrected chi connectivity index (χ2v) is 6.27. The number of anilines is 2. The SMILES string of the molecule is Cc1ncc(C#N)c(Nc2cccc3[nH]ccc23)c1/C=C/c1ccccc1. The lowest BCUT2D eigenvalue weighted by atomic mass is 10.0. The molecule has 27 heavy (non-hydrogen) atoms. The van der Waals surface area contributed by atoms with E-state index < -0.39 is 0 Å². The molecule has 2 heterocycles. The molecule has 0 saturated heterocycles. The van der Waals surface area contributed by atoms with Crippen molar-refractivity contribution in [2.75, 3.05) is 5.32 Å². The number of nitrogens with one attached hydrogen (secondary N) is 2. The van der Waals surface area contributed by atoms with Gasteiger partial charge in [0.1, 0.15) is 6.07 Å². The van der Waals surface area contributed by atoms with Crippen LogP contribution in [0.15, 0.2) is 67.0 Å². The highest BCUT2D eigenvalue weighted by molar-refractivity contribution is 5.95. The van der Waals surface area contributed by atoms with Crippen LogP contribution in [0.25, 0.3) is 23.1 Å². The minimum absolute atomic E-state index is 0.515. The van der Waals surface area contributed by atoms with Gasteiger partial charge in [-0.25, -0.2) is 0 Å². The van der Waals surface area contributed by atoms with E-state index in [0.717, 1.165) is 39.1 Å². The Balaban J connectivity index is 1.81. The number of aromatic nitrogens is 2. The first-order valence-corrected chi connectivity index (χ1v) is 8.72. The van der Waals surface area contributed by atoms with Gasteiger partial charge in [0.05, 0.1) is 11.3 Å². The van der Waals surface area contributed by atoms with Crippen LogP contribution in [0.3, 0.4) is 0 Å². The Kier molecular flexibility index (Phi) is 4.42. The smallest absolute Gasteiger partial charge is 0.103 e. The number of hydrogen-bond donors (Lipinski definition) is 2. The van der Waals surface area contributed by atoms with E-state index in [1.165, 1.54) is 0 Å². The fraction of sp³-hybridized carbons (Fsp3) is 0.0435. The van der Waals surface area contributed by atoms with E-state index in [4.69, 9.17) is 0 Å². The molecular formula is C23H18N4. The van der Waals surface area contributed by atoms with Gasteiger partial charge in [0.2, 0.25) is 0 Å². The molecule has 4 heteroatoms. The lowest BCUT2D eigenvalue weighted by molar-refractivity contribution is 1.18. The van der Waals surface area contributed by atoms with Crippen LogP contribution >= 0.6 is 0 Å². The Bertz CT molecular complexity index is 1160. The number of aromatic amines is 1. The molecule has 130 valence electrons. The summed E-state index contributed by atoms with van der Waals surface area (Å²) < 4.78 is 0. The van der Waals surface area contributed by atoms with Crippen molar-refractivity contribution in [3.8, 4) is 6.07 Å². The zero-order chi connectivity index (χ0) is 18.6. The lowest BCUT2D eigenvalue weighted by Crippen LogP contribution is -2.01. The molecule has 0 radical (unpaired) electrons. The number of benzene rings is 2. The van der Waals surface area contributed by atoms with Crippen molar-refractivity contribution in [2.24, 2.45) is 0 Å². The van der Waals surface area contributed by atoms with Gasteiger partial charge in [-0.2, -0.15) is 5.26 Å². The maximum atomic E-state index is 9.61. The third kappa shape index (κ3) is 3.31. The molecule has 0 amide bonds. The predicted molar refractivity (Wildman–Crippen MR) is 111 cm³/mol. The fourth-order valence-electron chi connectivity index (χ4n) is 3.12. The average molecular weight is 350 g/mol. The number of H-pyrrole nitrogens is 1. The van der Waals surface area contributed by atoms with Crippen LogP contribution in [0.4, 0.5) is 11.4 Å². The van der Waals surface area contributed by atoms with Gasteiger partial charge in [-0.3, -0.25) is 4.98 Å². The van der Waals surface area contributed by atoms with Crippen molar-refractivity contribution in [2.45, 2.75) is 6.92 Å². The normalized spacial score (nSPS) is 11.0. The Morgan fingerprint density at radius 1 is 1.04 bits per heavy atom. The first kappa shape index (κ1) is 16.6. The number of nitrogens with zero attached hydrogens (tertiary/aromatic N) is 2. The molecule has 4 nitrogen and oxygen atoms in total. The molecule has 4 rings (SSSR count). The summed E-state index contributed by atoms with van der Waals surface area (Å²) in [5.41, 5.74) is 6.15. The van der Waals surface area contributed by atoms with E-state index in [1.807, 2.05) is 79.9 Å². The summed E-state index contributed by atoms with van der Waals surface area (Å²) in [5, 5.41) is 14.2. The molecule has 0 unspecified atom stereocenters. The Morgan fingerprint density at radius 3 is 2.70 bits per heavy atom. The van der Waals surface area contributed by atoms with Crippen LogP contribution in [0, 0.1) is 18.3 Å². The zero-order valence-corrected chi connectivity index (χ0v) is 14.9. The van der Waals surface area contributed by atoms with Gasteiger partial charge in [-0.05, 0) is 30.7 Å². The zero-order valence-electron chi connectivity index (χ0n) is 14.9. The van der Waals surface area contributed by atoms with Crippen molar-refractivity contribution >= 4 is 34.4 Å². The monoisotopic (exact) mass is 350 g/mol. The number of aryl methyl sites for hydroxylation is 1. The summed E-state index contributed by atoms with van der Waals surface area (Å²) >= 11 is 0. The maximum Gasteiger partial charge on any atom is 0.103 e. The minimum atomic E-state index is 0.515. The van der Waals surface area contributed by atoms with Crippen molar-refractivity contribution in [1.29, 1.82) is 5.26 Å². The summed E-state index contributed by atoms with van der Waals surface area (Å²) in [7, 11) is 0. The van der Waals surface area contributed by atoms with Crippen LogP contribution in [0.2, 0.25) is 0 Å². The van der Waals surface area contributed by atoms with Gasteiger partial charge in [0, 0.05) is 40.2 Å². The van der Waals surface area contributed by atoms with E-state index >= 15 is 0 Å². The first-order chi connectivity index (χ1) is 13.3. The Hall–Kier alpha value is -3.84. The fourth-order valence-corrected chi connectivity index (χ4v) is 3.12. The number of pyridine rings is 1. The number of hydrogen-bond acceptors (Lipinski definition) is 3. The van der Waals surface area contributed by atoms with E-state index in [9.17, 15) is 5.26 Å². The van der Waals surface area contributed by atoms with E-state index in [-0.39, 0.29) is 0 Å².